The number of carbonyl (C=O) groups excluding carboxylic acids is 2. The molecule has 0 radical (unpaired) electrons. The van der Waals surface area contributed by atoms with E-state index in [9.17, 15) is 19.5 Å². The fraction of sp³-hybridized carbons (Fsp3) is 0.674. The smallest absolute Gasteiger partial charge is 0.361 e. The average Bonchev–Trinajstić information content (AvgIpc) is 3.14. The minimum Gasteiger partial charge on any atom is -0.477 e. The van der Waals surface area contributed by atoms with Crippen LogP contribution in [-0.2, 0) is 33.3 Å². The quantitative estimate of drug-likeness (QED) is 0.0219. The van der Waals surface area contributed by atoms with Crippen LogP contribution in [0, 0.1) is 0 Å². The van der Waals surface area contributed by atoms with Crippen LogP contribution in [0.15, 0.2) is 72.9 Å². The fourth-order valence-corrected chi connectivity index (χ4v) is 5.19. The summed E-state index contributed by atoms with van der Waals surface area (Å²) in [6.07, 6.45) is 42.7. The zero-order valence-corrected chi connectivity index (χ0v) is 35.3. The van der Waals surface area contributed by atoms with Crippen LogP contribution in [0.4, 0.5) is 0 Å². The number of rotatable bonds is 37. The molecule has 0 amide bonds. The molecule has 0 rings (SSSR count). The Morgan fingerprint density at radius 3 is 1.55 bits per heavy atom. The molecule has 0 spiro atoms. The Kier molecular flexibility index (Phi) is 35.4. The highest BCUT2D eigenvalue weighted by atomic mass is 16.7. The van der Waals surface area contributed by atoms with Crippen molar-refractivity contribution in [2.75, 3.05) is 47.5 Å². The predicted octanol–water partition coefficient (Wildman–Crippen LogP) is 10.8. The number of nitrogens with zero attached hydrogens (tertiary/aromatic N) is 1. The molecule has 9 heteroatoms. The summed E-state index contributed by atoms with van der Waals surface area (Å²) in [6.45, 7) is 4.64. The van der Waals surface area contributed by atoms with Gasteiger partial charge in [-0.15, -0.1) is 0 Å². The van der Waals surface area contributed by atoms with Crippen LogP contribution < -0.4 is 0 Å². The summed E-state index contributed by atoms with van der Waals surface area (Å²) >= 11 is 0. The highest BCUT2D eigenvalue weighted by Crippen LogP contribution is 2.12. The van der Waals surface area contributed by atoms with Crippen molar-refractivity contribution < 1.29 is 42.9 Å². The van der Waals surface area contributed by atoms with E-state index in [4.69, 9.17) is 18.9 Å². The Labute approximate surface area is 335 Å². The number of quaternary nitrogens is 1. The van der Waals surface area contributed by atoms with Gasteiger partial charge in [0.05, 0.1) is 34.4 Å². The fourth-order valence-electron chi connectivity index (χ4n) is 5.19. The largest absolute Gasteiger partial charge is 0.477 e. The third-order valence-electron chi connectivity index (χ3n) is 8.48. The molecule has 0 heterocycles. The standard InChI is InChI=1S/C46H77NO8/c1-6-8-10-12-14-15-16-17-18-19-20-21-22-23-24-25-26-27-28-29-31-33-35-37-44(49)55-42(40-53-43(48)36-34-32-30-13-11-9-7-2)41-54-46(45(50)51)52-39-38-47(3,4)5/h8,10,14-15,17-18,20-21,23-24,26-27,42,46H,6-7,9,11-13,16,19,22,25,28-41H2,1-5H3/p+1/b10-8-,15-14-,18-17-,21-20-,24-23-,27-26-. The van der Waals surface area contributed by atoms with Gasteiger partial charge in [0.25, 0.3) is 6.29 Å². The molecule has 0 aromatic rings. The van der Waals surface area contributed by atoms with Gasteiger partial charge in [0.2, 0.25) is 0 Å². The first-order valence-electron chi connectivity index (χ1n) is 21.1. The minimum atomic E-state index is -1.52. The van der Waals surface area contributed by atoms with Gasteiger partial charge in [0.1, 0.15) is 13.2 Å². The molecule has 0 bridgehead atoms. The second kappa shape index (κ2) is 37.6. The van der Waals surface area contributed by atoms with E-state index in [1.165, 1.54) is 25.7 Å². The normalized spacial score (nSPS) is 13.7. The third kappa shape index (κ3) is 38.8. The van der Waals surface area contributed by atoms with Crippen LogP contribution in [0.2, 0.25) is 0 Å². The molecular weight excluding hydrogens is 695 g/mol. The lowest BCUT2D eigenvalue weighted by molar-refractivity contribution is -0.870. The van der Waals surface area contributed by atoms with Gasteiger partial charge in [-0.2, -0.15) is 0 Å². The van der Waals surface area contributed by atoms with Gasteiger partial charge in [-0.05, 0) is 64.2 Å². The van der Waals surface area contributed by atoms with Crippen LogP contribution in [0.25, 0.3) is 0 Å². The van der Waals surface area contributed by atoms with E-state index in [0.29, 0.717) is 23.9 Å². The maximum Gasteiger partial charge on any atom is 0.361 e. The van der Waals surface area contributed by atoms with Gasteiger partial charge in [0.15, 0.2) is 6.10 Å². The number of carbonyl (C=O) groups is 3. The van der Waals surface area contributed by atoms with Gasteiger partial charge >= 0.3 is 17.9 Å². The molecule has 9 nitrogen and oxygen atoms in total. The average molecular weight is 773 g/mol. The van der Waals surface area contributed by atoms with Crippen molar-refractivity contribution in [3.8, 4) is 0 Å². The third-order valence-corrected chi connectivity index (χ3v) is 8.48. The molecule has 0 saturated carbocycles. The second-order valence-corrected chi connectivity index (χ2v) is 14.9. The van der Waals surface area contributed by atoms with Crippen LogP contribution in [0.3, 0.4) is 0 Å². The van der Waals surface area contributed by atoms with Gasteiger partial charge in [-0.3, -0.25) is 9.59 Å². The molecule has 0 aliphatic carbocycles. The lowest BCUT2D eigenvalue weighted by atomic mass is 10.1. The highest BCUT2D eigenvalue weighted by molar-refractivity contribution is 5.71. The molecule has 0 fully saturated rings. The Morgan fingerprint density at radius 1 is 0.564 bits per heavy atom. The number of carboxylic acids is 1. The van der Waals surface area contributed by atoms with Crippen molar-refractivity contribution in [3.63, 3.8) is 0 Å². The Balaban J connectivity index is 4.42. The molecular formula is C46H78NO8+. The molecule has 2 atom stereocenters. The molecule has 314 valence electrons. The second-order valence-electron chi connectivity index (χ2n) is 14.9. The maximum atomic E-state index is 12.7. The van der Waals surface area contributed by atoms with E-state index < -0.39 is 24.3 Å². The van der Waals surface area contributed by atoms with Crippen molar-refractivity contribution in [1.29, 1.82) is 0 Å². The summed E-state index contributed by atoms with van der Waals surface area (Å²) in [5.41, 5.74) is 0. The molecule has 0 aliphatic rings. The summed E-state index contributed by atoms with van der Waals surface area (Å²) < 4.78 is 22.6. The Hall–Kier alpha value is -3.27. The SMILES string of the molecule is CC/C=C\C/C=C\C/C=C\C/C=C\C/C=C\C/C=C\CCCCCCC(=O)OC(COC(=O)CCCCCCCCC)COC(OCC[N+](C)(C)C)C(=O)O. The van der Waals surface area contributed by atoms with E-state index in [-0.39, 0.29) is 32.2 Å². The molecule has 0 aromatic heterocycles. The number of likely N-dealkylation sites (N-methyl/N-ethyl adjacent to an activating group) is 1. The highest BCUT2D eigenvalue weighted by Gasteiger charge is 2.25. The number of unbranched alkanes of at least 4 members (excludes halogenated alkanes) is 10. The van der Waals surface area contributed by atoms with E-state index in [2.05, 4.69) is 86.8 Å². The van der Waals surface area contributed by atoms with Crippen LogP contribution in [-0.4, -0.2) is 87.4 Å². The van der Waals surface area contributed by atoms with Crippen molar-refractivity contribution >= 4 is 17.9 Å². The van der Waals surface area contributed by atoms with Crippen LogP contribution in [0.1, 0.15) is 142 Å². The molecule has 0 aliphatic heterocycles. The molecule has 2 unspecified atom stereocenters. The topological polar surface area (TPSA) is 108 Å². The minimum absolute atomic E-state index is 0.179. The molecule has 1 N–H and O–H groups in total. The molecule has 0 saturated heterocycles. The summed E-state index contributed by atoms with van der Waals surface area (Å²) in [4.78, 5) is 36.8. The van der Waals surface area contributed by atoms with Crippen molar-refractivity contribution in [1.82, 2.24) is 0 Å². The van der Waals surface area contributed by atoms with Gasteiger partial charge < -0.3 is 28.5 Å². The van der Waals surface area contributed by atoms with Crippen molar-refractivity contribution in [3.05, 3.63) is 72.9 Å². The number of esters is 2. The van der Waals surface area contributed by atoms with Crippen molar-refractivity contribution in [2.45, 2.75) is 155 Å². The zero-order chi connectivity index (χ0) is 40.7. The van der Waals surface area contributed by atoms with E-state index in [1.54, 1.807) is 0 Å². The van der Waals surface area contributed by atoms with Gasteiger partial charge in [-0.1, -0.05) is 138 Å². The number of hydrogen-bond acceptors (Lipinski definition) is 7. The monoisotopic (exact) mass is 773 g/mol. The van der Waals surface area contributed by atoms with Crippen LogP contribution >= 0.6 is 0 Å². The van der Waals surface area contributed by atoms with Gasteiger partial charge in [-0.25, -0.2) is 4.79 Å². The summed E-state index contributed by atoms with van der Waals surface area (Å²) in [6, 6.07) is 0. The maximum absolute atomic E-state index is 12.7. The predicted molar refractivity (Wildman–Crippen MR) is 226 cm³/mol. The van der Waals surface area contributed by atoms with E-state index in [0.717, 1.165) is 83.5 Å². The number of aliphatic carboxylic acids is 1. The molecule has 55 heavy (non-hydrogen) atoms. The van der Waals surface area contributed by atoms with Crippen molar-refractivity contribution in [2.24, 2.45) is 0 Å². The first-order valence-corrected chi connectivity index (χ1v) is 21.1. The summed E-state index contributed by atoms with van der Waals surface area (Å²) in [5.74, 6) is -2.06. The zero-order valence-electron chi connectivity index (χ0n) is 35.3. The summed E-state index contributed by atoms with van der Waals surface area (Å²) in [5, 5.41) is 9.59. The van der Waals surface area contributed by atoms with E-state index in [1.807, 2.05) is 21.1 Å². The Morgan fingerprint density at radius 2 is 1.04 bits per heavy atom. The number of hydrogen-bond donors (Lipinski definition) is 1. The van der Waals surface area contributed by atoms with Gasteiger partial charge in [0, 0.05) is 12.8 Å². The number of ether oxygens (including phenoxy) is 4. The number of allylic oxidation sites excluding steroid dienone is 12. The van der Waals surface area contributed by atoms with E-state index >= 15 is 0 Å². The Bertz CT molecular complexity index is 1130. The number of carboxylic acid groups (broad SMARTS) is 1. The molecule has 0 aromatic carbocycles. The summed E-state index contributed by atoms with van der Waals surface area (Å²) in [7, 11) is 5.93. The lowest BCUT2D eigenvalue weighted by Gasteiger charge is -2.25. The first kappa shape index (κ1) is 51.7. The van der Waals surface area contributed by atoms with Crippen LogP contribution in [0.5, 0.6) is 0 Å². The lowest BCUT2D eigenvalue weighted by Crippen LogP contribution is -2.40. The first-order chi connectivity index (χ1) is 26.6.